The Morgan fingerprint density at radius 3 is 1.86 bits per heavy atom. The van der Waals surface area contributed by atoms with Crippen molar-refractivity contribution in [1.82, 2.24) is 0 Å². The van der Waals surface area contributed by atoms with E-state index in [1.807, 2.05) is 24.3 Å². The maximum Gasteiger partial charge on any atom is 0.331 e. The molecular weight excluding hydrogens is 416 g/mol. The van der Waals surface area contributed by atoms with E-state index in [0.29, 0.717) is 12.0 Å². The molecule has 1 aromatic carbocycles. The number of ether oxygens (including phenoxy) is 1. The zero-order chi connectivity index (χ0) is 22.5. The molecule has 0 aromatic heterocycles. The van der Waals surface area contributed by atoms with Crippen LogP contribution in [0.4, 0.5) is 0 Å². The Kier molecular flexibility index (Phi) is 9.10. The summed E-state index contributed by atoms with van der Waals surface area (Å²) in [6, 6.07) is 8.20. The van der Waals surface area contributed by atoms with Gasteiger partial charge in [-0.2, -0.15) is 0 Å². The minimum absolute atomic E-state index is 0.153. The van der Waals surface area contributed by atoms with Crippen molar-refractivity contribution in [3.63, 3.8) is 0 Å². The van der Waals surface area contributed by atoms with Gasteiger partial charge < -0.3 is 18.1 Å². The van der Waals surface area contributed by atoms with Crippen molar-refractivity contribution in [2.45, 2.75) is 65.2 Å². The largest absolute Gasteiger partial charge is 0.497 e. The van der Waals surface area contributed by atoms with E-state index in [2.05, 4.69) is 52.8 Å². The van der Waals surface area contributed by atoms with Crippen molar-refractivity contribution in [1.29, 1.82) is 0 Å². The molecule has 0 spiro atoms. The van der Waals surface area contributed by atoms with Gasteiger partial charge in [0.1, 0.15) is 5.75 Å². The smallest absolute Gasteiger partial charge is 0.331 e. The van der Waals surface area contributed by atoms with Gasteiger partial charge in [-0.15, -0.1) is 0 Å². The van der Waals surface area contributed by atoms with Crippen LogP contribution in [0.5, 0.6) is 5.75 Å². The first-order chi connectivity index (χ1) is 13.1. The lowest BCUT2D eigenvalue weighted by Crippen LogP contribution is -2.53. The second kappa shape index (κ2) is 10.2. The highest BCUT2D eigenvalue weighted by atomic mass is 28.5. The van der Waals surface area contributed by atoms with Crippen LogP contribution in [-0.2, 0) is 13.0 Å². The molecule has 1 N–H and O–H groups in total. The molecule has 1 atom stereocenters. The molecule has 0 radical (unpaired) electrons. The fourth-order valence-corrected chi connectivity index (χ4v) is 16.6. The molecule has 1 rings (SSSR count). The second-order valence-electron chi connectivity index (χ2n) is 9.82. The molecule has 164 valence electrons. The third kappa shape index (κ3) is 10.4. The van der Waals surface area contributed by atoms with Gasteiger partial charge in [-0.1, -0.05) is 19.1 Å². The predicted octanol–water partition coefficient (Wildman–Crippen LogP) is 5.96. The minimum Gasteiger partial charge on any atom is -0.497 e. The van der Waals surface area contributed by atoms with Crippen molar-refractivity contribution in [3.8, 4) is 5.75 Å². The zero-order valence-corrected chi connectivity index (χ0v) is 22.5. The first kappa shape index (κ1) is 25.8. The molecule has 1 unspecified atom stereocenters. The van der Waals surface area contributed by atoms with E-state index in [0.717, 1.165) is 17.4 Å². The molecule has 29 heavy (non-hydrogen) atoms. The van der Waals surface area contributed by atoms with Crippen LogP contribution in [0.25, 0.3) is 6.08 Å². The normalized spacial score (nSPS) is 14.6. The van der Waals surface area contributed by atoms with Crippen LogP contribution in [0, 0.1) is 5.92 Å². The number of carbonyl (C=O) groups is 1. The third-order valence-corrected chi connectivity index (χ3v) is 13.9. The summed E-state index contributed by atoms with van der Waals surface area (Å²) in [5.41, 5.74) is 1.26. The molecule has 0 fully saturated rings. The first-order valence-electron chi connectivity index (χ1n) is 10.1. The number of methoxy groups -OCH3 is 1. The molecule has 0 bridgehead atoms. The highest BCUT2D eigenvalue weighted by Crippen LogP contribution is 2.30. The summed E-state index contributed by atoms with van der Waals surface area (Å²) in [5.74, 6) is 0.0226. The maximum absolute atomic E-state index is 11.9. The van der Waals surface area contributed by atoms with Crippen molar-refractivity contribution < 1.29 is 22.9 Å². The van der Waals surface area contributed by atoms with Crippen molar-refractivity contribution in [2.75, 3.05) is 7.11 Å². The zero-order valence-electron chi connectivity index (χ0n) is 19.5. The number of carboxylic acid groups (broad SMARTS) is 1. The van der Waals surface area contributed by atoms with Crippen molar-refractivity contribution in [2.24, 2.45) is 5.92 Å². The summed E-state index contributed by atoms with van der Waals surface area (Å²) in [7, 11) is -4.34. The minimum atomic E-state index is -2.40. The molecule has 0 aliphatic carbocycles. The molecule has 0 amide bonds. The lowest BCUT2D eigenvalue weighted by atomic mass is 10.0. The van der Waals surface area contributed by atoms with Crippen LogP contribution in [0.3, 0.4) is 0 Å². The van der Waals surface area contributed by atoms with Crippen LogP contribution in [0.15, 0.2) is 29.8 Å². The number of carboxylic acids is 1. The summed E-state index contributed by atoms with van der Waals surface area (Å²) < 4.78 is 18.3. The van der Waals surface area contributed by atoms with E-state index in [-0.39, 0.29) is 5.92 Å². The molecule has 1 aromatic rings. The van der Waals surface area contributed by atoms with Gasteiger partial charge >= 0.3 is 14.5 Å². The predicted molar refractivity (Wildman–Crippen MR) is 128 cm³/mol. The van der Waals surface area contributed by atoms with Crippen LogP contribution < -0.4 is 4.74 Å². The highest BCUT2D eigenvalue weighted by molar-refractivity contribution is 6.87. The van der Waals surface area contributed by atoms with E-state index in [1.54, 1.807) is 13.2 Å². The van der Waals surface area contributed by atoms with Crippen molar-refractivity contribution in [3.05, 3.63) is 35.4 Å². The molecule has 0 aliphatic rings. The second-order valence-corrected chi connectivity index (χ2v) is 22.6. The van der Waals surface area contributed by atoms with Crippen LogP contribution in [0.2, 0.25) is 51.9 Å². The Balaban J connectivity index is 3.00. The van der Waals surface area contributed by atoms with Gasteiger partial charge in [-0.3, -0.25) is 0 Å². The number of benzene rings is 1. The SMILES string of the molecule is COc1ccc(C=C(CC(C)C[Si](C)(O[Si](C)(C)C)O[Si](C)(C)C)C(=O)O)cc1. The average Bonchev–Trinajstić information content (AvgIpc) is 2.50. The maximum atomic E-state index is 11.9. The first-order valence-corrected chi connectivity index (χ1v) is 19.4. The summed E-state index contributed by atoms with van der Waals surface area (Å²) in [5, 5.41) is 9.73. The number of hydrogen-bond acceptors (Lipinski definition) is 4. The van der Waals surface area contributed by atoms with E-state index in [4.69, 9.17) is 13.0 Å². The molecule has 0 heterocycles. The van der Waals surface area contributed by atoms with E-state index in [1.165, 1.54) is 0 Å². The van der Waals surface area contributed by atoms with Gasteiger partial charge in [0.25, 0.3) is 0 Å². The number of rotatable bonds is 11. The van der Waals surface area contributed by atoms with Gasteiger partial charge in [0.05, 0.1) is 7.11 Å². The number of aliphatic carboxylic acids is 1. The van der Waals surface area contributed by atoms with E-state index in [9.17, 15) is 9.90 Å². The Labute approximate surface area is 179 Å². The molecule has 5 nitrogen and oxygen atoms in total. The van der Waals surface area contributed by atoms with Crippen LogP contribution in [-0.4, -0.2) is 43.4 Å². The lowest BCUT2D eigenvalue weighted by Gasteiger charge is -2.39. The van der Waals surface area contributed by atoms with Gasteiger partial charge in [-0.25, -0.2) is 4.79 Å². The summed E-state index contributed by atoms with van der Waals surface area (Å²) >= 11 is 0. The standard InChI is InChI=1S/C21H38O5Si3/c1-17(16-29(9,25-27(3,4)5)26-28(6,7)8)14-19(21(22)23)15-18-10-12-20(24-2)13-11-18/h10-13,15,17H,14,16H2,1-9H3,(H,22,23). The van der Waals surface area contributed by atoms with Crippen LogP contribution >= 0.6 is 0 Å². The quantitative estimate of drug-likeness (QED) is 0.330. The van der Waals surface area contributed by atoms with E-state index >= 15 is 0 Å². The van der Waals surface area contributed by atoms with Crippen molar-refractivity contribution >= 4 is 37.2 Å². The monoisotopic (exact) mass is 454 g/mol. The van der Waals surface area contributed by atoms with Gasteiger partial charge in [0.2, 0.25) is 0 Å². The fraction of sp³-hybridized carbons (Fsp3) is 0.571. The molecular formula is C21H38O5Si3. The molecule has 0 aliphatic heterocycles. The molecule has 0 saturated carbocycles. The average molecular weight is 455 g/mol. The Bertz CT molecular complexity index is 687. The summed E-state index contributed by atoms with van der Waals surface area (Å²) in [6.07, 6.45) is 2.23. The summed E-state index contributed by atoms with van der Waals surface area (Å²) in [4.78, 5) is 11.9. The lowest BCUT2D eigenvalue weighted by molar-refractivity contribution is -0.132. The third-order valence-electron chi connectivity index (χ3n) is 4.06. The molecule has 0 saturated heterocycles. The Morgan fingerprint density at radius 2 is 1.48 bits per heavy atom. The fourth-order valence-electron chi connectivity index (χ4n) is 3.59. The highest BCUT2D eigenvalue weighted by Gasteiger charge is 2.41. The Morgan fingerprint density at radius 1 is 1.00 bits per heavy atom. The van der Waals surface area contributed by atoms with Gasteiger partial charge in [-0.05, 0) is 88.0 Å². The topological polar surface area (TPSA) is 65.0 Å². The van der Waals surface area contributed by atoms with Gasteiger partial charge in [0, 0.05) is 5.57 Å². The van der Waals surface area contributed by atoms with E-state index < -0.39 is 31.2 Å². The van der Waals surface area contributed by atoms with Gasteiger partial charge in [0.15, 0.2) is 16.6 Å². The number of hydrogen-bond donors (Lipinski definition) is 1. The molecule has 8 heteroatoms. The summed E-state index contributed by atoms with van der Waals surface area (Å²) in [6.45, 7) is 17.3. The van der Waals surface area contributed by atoms with Crippen LogP contribution in [0.1, 0.15) is 18.9 Å². The Hall–Kier alpha value is -1.20.